The smallest absolute Gasteiger partial charge is 0.310 e. The molecule has 78 valence electrons. The van der Waals surface area contributed by atoms with E-state index >= 15 is 0 Å². The molecule has 0 aromatic heterocycles. The number of allylic oxidation sites excluding steroid dienone is 2. The van der Waals surface area contributed by atoms with Gasteiger partial charge < -0.3 is 10.2 Å². The number of carboxylic acid groups (broad SMARTS) is 1. The van der Waals surface area contributed by atoms with Crippen LogP contribution in [0.25, 0.3) is 0 Å². The maximum absolute atomic E-state index is 11.3. The van der Waals surface area contributed by atoms with Crippen LogP contribution < -0.4 is 0 Å². The van der Waals surface area contributed by atoms with E-state index in [9.17, 15) is 9.90 Å². The van der Waals surface area contributed by atoms with Gasteiger partial charge in [-0.2, -0.15) is 0 Å². The summed E-state index contributed by atoms with van der Waals surface area (Å²) < 4.78 is 0. The van der Waals surface area contributed by atoms with Crippen molar-refractivity contribution in [2.75, 3.05) is 6.61 Å². The molecule has 3 heteroatoms. The van der Waals surface area contributed by atoms with Crippen LogP contribution in [0.15, 0.2) is 12.2 Å². The van der Waals surface area contributed by atoms with Gasteiger partial charge in [-0.05, 0) is 37.5 Å². The molecule has 3 atom stereocenters. The molecule has 1 fully saturated rings. The fraction of sp³-hybridized carbons (Fsp3) is 0.727. The summed E-state index contributed by atoms with van der Waals surface area (Å²) in [6.07, 6.45) is 7.38. The van der Waals surface area contributed by atoms with Crippen LogP contribution in [0.5, 0.6) is 0 Å². The summed E-state index contributed by atoms with van der Waals surface area (Å²) in [6.45, 7) is -0.0244. The van der Waals surface area contributed by atoms with E-state index in [0.717, 1.165) is 12.8 Å². The van der Waals surface area contributed by atoms with E-state index in [-0.39, 0.29) is 12.5 Å². The quantitative estimate of drug-likeness (QED) is 0.671. The van der Waals surface area contributed by atoms with Crippen LogP contribution in [0.1, 0.15) is 25.7 Å². The Balaban J connectivity index is 2.28. The molecular weight excluding hydrogens is 180 g/mol. The molecule has 3 rings (SSSR count). The highest BCUT2D eigenvalue weighted by atomic mass is 16.4. The fourth-order valence-corrected chi connectivity index (χ4v) is 2.97. The van der Waals surface area contributed by atoms with E-state index in [1.807, 2.05) is 6.08 Å². The van der Waals surface area contributed by atoms with Crippen LogP contribution in [-0.2, 0) is 4.79 Å². The summed E-state index contributed by atoms with van der Waals surface area (Å²) in [5.41, 5.74) is -0.674. The Morgan fingerprint density at radius 1 is 1.43 bits per heavy atom. The van der Waals surface area contributed by atoms with E-state index in [1.54, 1.807) is 0 Å². The zero-order valence-corrected chi connectivity index (χ0v) is 8.15. The van der Waals surface area contributed by atoms with Crippen LogP contribution in [0, 0.1) is 17.3 Å². The van der Waals surface area contributed by atoms with Gasteiger partial charge in [0.05, 0.1) is 5.41 Å². The van der Waals surface area contributed by atoms with Crippen molar-refractivity contribution in [1.82, 2.24) is 0 Å². The highest BCUT2D eigenvalue weighted by Gasteiger charge is 2.49. The van der Waals surface area contributed by atoms with Gasteiger partial charge in [-0.3, -0.25) is 4.79 Å². The normalized spacial score (nSPS) is 40.1. The minimum Gasteiger partial charge on any atom is -0.481 e. The Morgan fingerprint density at radius 3 is 2.57 bits per heavy atom. The number of aliphatic hydroxyl groups excluding tert-OH is 1. The fourth-order valence-electron chi connectivity index (χ4n) is 2.97. The minimum absolute atomic E-state index is 0.0244. The molecule has 0 aromatic carbocycles. The Labute approximate surface area is 83.4 Å². The lowest BCUT2D eigenvalue weighted by molar-refractivity contribution is -0.156. The van der Waals surface area contributed by atoms with Gasteiger partial charge in [-0.1, -0.05) is 12.2 Å². The molecule has 0 saturated heterocycles. The first-order valence-electron chi connectivity index (χ1n) is 5.21. The first kappa shape index (κ1) is 9.71. The lowest BCUT2D eigenvalue weighted by Crippen LogP contribution is -2.45. The second-order valence-corrected chi connectivity index (χ2v) is 4.47. The number of hydrogen-bond donors (Lipinski definition) is 2. The van der Waals surface area contributed by atoms with Crippen LogP contribution in [-0.4, -0.2) is 22.8 Å². The van der Waals surface area contributed by atoms with Crippen molar-refractivity contribution in [1.29, 1.82) is 0 Å². The predicted molar refractivity (Wildman–Crippen MR) is 51.7 cm³/mol. The van der Waals surface area contributed by atoms with Gasteiger partial charge in [-0.25, -0.2) is 0 Å². The Morgan fingerprint density at radius 2 is 2.21 bits per heavy atom. The van der Waals surface area contributed by atoms with Crippen molar-refractivity contribution in [3.63, 3.8) is 0 Å². The first-order valence-corrected chi connectivity index (χ1v) is 5.21. The second kappa shape index (κ2) is 3.39. The number of rotatable bonds is 3. The molecule has 14 heavy (non-hydrogen) atoms. The summed E-state index contributed by atoms with van der Waals surface area (Å²) in [5, 5.41) is 18.3. The van der Waals surface area contributed by atoms with E-state index in [2.05, 4.69) is 6.08 Å². The number of aliphatic hydroxyl groups is 1. The van der Waals surface area contributed by atoms with Crippen LogP contribution in [0.3, 0.4) is 0 Å². The zero-order chi connectivity index (χ0) is 10.2. The molecular formula is C11H16O3. The Hall–Kier alpha value is -0.830. The molecule has 0 radical (unpaired) electrons. The summed E-state index contributed by atoms with van der Waals surface area (Å²) in [4.78, 5) is 11.3. The van der Waals surface area contributed by atoms with Crippen molar-refractivity contribution < 1.29 is 15.0 Å². The maximum atomic E-state index is 11.3. The Bertz CT molecular complexity index is 272. The van der Waals surface area contributed by atoms with Gasteiger partial charge >= 0.3 is 5.97 Å². The standard InChI is InChI=1S/C11H16O3/c12-6-5-11(10(13)14)7-8-1-3-9(11)4-2-8/h1,3,8-9,12H,2,4-7H2,(H,13,14). The summed E-state index contributed by atoms with van der Waals surface area (Å²) in [5.74, 6) is -0.176. The molecule has 0 heterocycles. The number of carboxylic acids is 1. The monoisotopic (exact) mass is 196 g/mol. The summed E-state index contributed by atoms with van der Waals surface area (Å²) >= 11 is 0. The summed E-state index contributed by atoms with van der Waals surface area (Å²) in [7, 11) is 0. The molecule has 3 unspecified atom stereocenters. The molecule has 0 amide bonds. The third-order valence-corrected chi connectivity index (χ3v) is 3.78. The molecule has 1 saturated carbocycles. The van der Waals surface area contributed by atoms with Crippen molar-refractivity contribution in [3.8, 4) is 0 Å². The molecule has 0 aliphatic heterocycles. The highest BCUT2D eigenvalue weighted by Crippen LogP contribution is 2.51. The maximum Gasteiger partial charge on any atom is 0.310 e. The average Bonchev–Trinajstić information content (AvgIpc) is 2.19. The second-order valence-electron chi connectivity index (χ2n) is 4.47. The number of aliphatic carboxylic acids is 1. The van der Waals surface area contributed by atoms with Crippen LogP contribution in [0.2, 0.25) is 0 Å². The van der Waals surface area contributed by atoms with Gasteiger partial charge in [0.25, 0.3) is 0 Å². The predicted octanol–water partition coefficient (Wildman–Crippen LogP) is 1.43. The number of hydrogen-bond acceptors (Lipinski definition) is 2. The van der Waals surface area contributed by atoms with E-state index in [1.165, 1.54) is 0 Å². The Kier molecular flexibility index (Phi) is 2.35. The van der Waals surface area contributed by atoms with Gasteiger partial charge in [-0.15, -0.1) is 0 Å². The molecule has 3 aliphatic rings. The third kappa shape index (κ3) is 1.27. The van der Waals surface area contributed by atoms with Gasteiger partial charge in [0, 0.05) is 6.61 Å². The molecule has 2 N–H and O–H groups in total. The lowest BCUT2D eigenvalue weighted by Gasteiger charge is -2.45. The molecule has 3 nitrogen and oxygen atoms in total. The molecule has 2 bridgehead atoms. The lowest BCUT2D eigenvalue weighted by atomic mass is 9.58. The summed E-state index contributed by atoms with van der Waals surface area (Å²) in [6, 6.07) is 0. The van der Waals surface area contributed by atoms with Gasteiger partial charge in [0.15, 0.2) is 0 Å². The molecule has 3 aliphatic carbocycles. The number of fused-ring (bicyclic) bond motifs is 2. The molecule has 0 spiro atoms. The largest absolute Gasteiger partial charge is 0.481 e. The van der Waals surface area contributed by atoms with Crippen LogP contribution >= 0.6 is 0 Å². The van der Waals surface area contributed by atoms with E-state index in [0.29, 0.717) is 18.8 Å². The van der Waals surface area contributed by atoms with Crippen molar-refractivity contribution >= 4 is 5.97 Å². The highest BCUT2D eigenvalue weighted by molar-refractivity contribution is 5.76. The van der Waals surface area contributed by atoms with Crippen molar-refractivity contribution in [2.45, 2.75) is 25.7 Å². The molecule has 0 aromatic rings. The average molecular weight is 196 g/mol. The SMILES string of the molecule is O=C(O)C1(CCO)CC2C=CC1CC2. The first-order chi connectivity index (χ1) is 6.69. The van der Waals surface area contributed by atoms with Crippen LogP contribution in [0.4, 0.5) is 0 Å². The van der Waals surface area contributed by atoms with E-state index < -0.39 is 11.4 Å². The minimum atomic E-state index is -0.731. The number of carbonyl (C=O) groups is 1. The van der Waals surface area contributed by atoms with Crippen molar-refractivity contribution in [3.05, 3.63) is 12.2 Å². The topological polar surface area (TPSA) is 57.5 Å². The van der Waals surface area contributed by atoms with E-state index in [4.69, 9.17) is 5.11 Å². The van der Waals surface area contributed by atoms with Gasteiger partial charge in [0.2, 0.25) is 0 Å². The van der Waals surface area contributed by atoms with Crippen molar-refractivity contribution in [2.24, 2.45) is 17.3 Å². The van der Waals surface area contributed by atoms with Gasteiger partial charge in [0.1, 0.15) is 0 Å². The zero-order valence-electron chi connectivity index (χ0n) is 8.15. The third-order valence-electron chi connectivity index (χ3n) is 3.78.